The van der Waals surface area contributed by atoms with E-state index in [1.165, 1.54) is 0 Å². The molecule has 0 amide bonds. The number of nitrogens with zero attached hydrogens (tertiary/aromatic N) is 2. The molecule has 1 fully saturated rings. The topological polar surface area (TPSA) is 47.2 Å². The van der Waals surface area contributed by atoms with Gasteiger partial charge in [0.1, 0.15) is 0 Å². The SMILES string of the molecule is C=CCCC(=C)n1c2cc(C#N)ccc2c2ccc(B3OC(C)(C)C(C)(C)O3)cc21. The minimum atomic E-state index is -0.429. The smallest absolute Gasteiger partial charge is 0.399 e. The van der Waals surface area contributed by atoms with E-state index in [2.05, 4.69) is 69.7 Å². The van der Waals surface area contributed by atoms with Gasteiger partial charge in [0.2, 0.25) is 0 Å². The number of nitriles is 1. The second-order valence-electron chi connectivity index (χ2n) is 8.94. The summed E-state index contributed by atoms with van der Waals surface area (Å²) in [4.78, 5) is 0. The van der Waals surface area contributed by atoms with E-state index in [9.17, 15) is 5.26 Å². The van der Waals surface area contributed by atoms with Gasteiger partial charge in [0.05, 0.1) is 33.9 Å². The number of aromatic nitrogens is 1. The van der Waals surface area contributed by atoms with Crippen molar-refractivity contribution in [3.8, 4) is 6.07 Å². The first-order valence-corrected chi connectivity index (χ1v) is 10.3. The average Bonchev–Trinajstić information content (AvgIpc) is 3.14. The van der Waals surface area contributed by atoms with Gasteiger partial charge in [0.15, 0.2) is 0 Å². The van der Waals surface area contributed by atoms with Crippen LogP contribution in [0.25, 0.3) is 27.5 Å². The standard InChI is InChI=1S/C25H27BN2O2/c1-7-8-9-17(2)28-22-14-18(16-27)10-12-20(22)21-13-11-19(15-23(21)28)26-29-24(3,4)25(5,6)30-26/h7,10-15H,1-2,8-9H2,3-6H3. The molecule has 0 spiro atoms. The van der Waals surface area contributed by atoms with Crippen molar-refractivity contribution in [2.24, 2.45) is 0 Å². The molecule has 2 aromatic carbocycles. The third-order valence-electron chi connectivity index (χ3n) is 6.40. The molecule has 0 aliphatic carbocycles. The number of fused-ring (bicyclic) bond motifs is 3. The maximum atomic E-state index is 9.40. The second-order valence-corrected chi connectivity index (χ2v) is 8.94. The molecular weight excluding hydrogens is 371 g/mol. The molecule has 30 heavy (non-hydrogen) atoms. The van der Waals surface area contributed by atoms with E-state index >= 15 is 0 Å². The van der Waals surface area contributed by atoms with E-state index in [0.717, 1.165) is 45.8 Å². The Hall–Kier alpha value is -2.81. The molecule has 152 valence electrons. The highest BCUT2D eigenvalue weighted by atomic mass is 16.7. The Labute approximate surface area is 178 Å². The predicted molar refractivity (Wildman–Crippen MR) is 125 cm³/mol. The molecule has 1 saturated heterocycles. The van der Waals surface area contributed by atoms with E-state index in [1.807, 2.05) is 24.3 Å². The maximum Gasteiger partial charge on any atom is 0.494 e. The van der Waals surface area contributed by atoms with Crippen LogP contribution in [-0.2, 0) is 9.31 Å². The van der Waals surface area contributed by atoms with Gasteiger partial charge in [-0.05, 0) is 64.2 Å². The van der Waals surface area contributed by atoms with Crippen molar-refractivity contribution in [3.63, 3.8) is 0 Å². The van der Waals surface area contributed by atoms with E-state index in [0.29, 0.717) is 5.56 Å². The third-order valence-corrected chi connectivity index (χ3v) is 6.40. The minimum absolute atomic E-state index is 0.394. The van der Waals surface area contributed by atoms with Gasteiger partial charge in [-0.3, -0.25) is 0 Å². The van der Waals surface area contributed by atoms with E-state index in [-0.39, 0.29) is 0 Å². The molecule has 2 heterocycles. The quantitative estimate of drug-likeness (QED) is 0.427. The van der Waals surface area contributed by atoms with Crippen LogP contribution in [0.2, 0.25) is 0 Å². The summed E-state index contributed by atoms with van der Waals surface area (Å²) in [6.07, 6.45) is 3.53. The van der Waals surface area contributed by atoms with Crippen LogP contribution < -0.4 is 5.46 Å². The van der Waals surface area contributed by atoms with Gasteiger partial charge in [-0.2, -0.15) is 5.26 Å². The monoisotopic (exact) mass is 398 g/mol. The van der Waals surface area contributed by atoms with Crippen LogP contribution >= 0.6 is 0 Å². The van der Waals surface area contributed by atoms with Gasteiger partial charge in [-0.15, -0.1) is 6.58 Å². The van der Waals surface area contributed by atoms with Crippen LogP contribution in [-0.4, -0.2) is 22.9 Å². The molecule has 5 heteroatoms. The summed E-state index contributed by atoms with van der Waals surface area (Å²) < 4.78 is 14.7. The summed E-state index contributed by atoms with van der Waals surface area (Å²) >= 11 is 0. The van der Waals surface area contributed by atoms with Gasteiger partial charge in [-0.25, -0.2) is 0 Å². The zero-order valence-corrected chi connectivity index (χ0v) is 18.2. The normalized spacial score (nSPS) is 17.4. The van der Waals surface area contributed by atoms with Gasteiger partial charge in [-0.1, -0.05) is 30.9 Å². The average molecular weight is 398 g/mol. The first-order chi connectivity index (χ1) is 14.2. The number of hydrogen-bond donors (Lipinski definition) is 0. The van der Waals surface area contributed by atoms with Crippen LogP contribution in [0.4, 0.5) is 0 Å². The lowest BCUT2D eigenvalue weighted by Gasteiger charge is -2.32. The minimum Gasteiger partial charge on any atom is -0.399 e. The number of allylic oxidation sites excluding steroid dienone is 2. The predicted octanol–water partition coefficient (Wildman–Crippen LogP) is 5.40. The molecule has 1 aliphatic rings. The summed E-state index contributed by atoms with van der Waals surface area (Å²) in [6.45, 7) is 16.4. The van der Waals surface area contributed by atoms with Crippen LogP contribution in [0.5, 0.6) is 0 Å². The summed E-state index contributed by atoms with van der Waals surface area (Å²) in [7, 11) is -0.429. The summed E-state index contributed by atoms with van der Waals surface area (Å²) in [5, 5.41) is 11.6. The van der Waals surface area contributed by atoms with Gasteiger partial charge in [0.25, 0.3) is 0 Å². The number of rotatable bonds is 5. The third kappa shape index (κ3) is 3.17. The Kier molecular flexibility index (Phi) is 4.88. The van der Waals surface area contributed by atoms with E-state index < -0.39 is 18.3 Å². The van der Waals surface area contributed by atoms with Crippen molar-refractivity contribution in [3.05, 3.63) is 61.2 Å². The van der Waals surface area contributed by atoms with Crippen molar-refractivity contribution in [1.82, 2.24) is 4.57 Å². The van der Waals surface area contributed by atoms with Gasteiger partial charge < -0.3 is 13.9 Å². The van der Waals surface area contributed by atoms with Crippen LogP contribution in [0.3, 0.4) is 0 Å². The fourth-order valence-electron chi connectivity index (χ4n) is 3.95. The highest BCUT2D eigenvalue weighted by molar-refractivity contribution is 6.62. The largest absolute Gasteiger partial charge is 0.494 e. The highest BCUT2D eigenvalue weighted by Crippen LogP contribution is 2.37. The molecule has 0 unspecified atom stereocenters. The van der Waals surface area contributed by atoms with Crippen molar-refractivity contribution < 1.29 is 9.31 Å². The summed E-state index contributed by atoms with van der Waals surface area (Å²) in [5.74, 6) is 0. The summed E-state index contributed by atoms with van der Waals surface area (Å²) in [5.41, 5.74) is 3.82. The number of benzene rings is 2. The zero-order chi connectivity index (χ0) is 21.7. The Morgan fingerprint density at radius 1 is 1.07 bits per heavy atom. The molecule has 4 nitrogen and oxygen atoms in total. The Balaban J connectivity index is 1.90. The molecular formula is C25H27BN2O2. The molecule has 1 aromatic heterocycles. The highest BCUT2D eigenvalue weighted by Gasteiger charge is 2.51. The fourth-order valence-corrected chi connectivity index (χ4v) is 3.95. The Morgan fingerprint density at radius 3 is 2.27 bits per heavy atom. The zero-order valence-electron chi connectivity index (χ0n) is 18.2. The molecule has 0 radical (unpaired) electrons. The van der Waals surface area contributed by atoms with E-state index in [1.54, 1.807) is 0 Å². The lowest BCUT2D eigenvalue weighted by atomic mass is 9.79. The molecule has 1 aliphatic heterocycles. The van der Waals surface area contributed by atoms with Gasteiger partial charge in [0, 0.05) is 16.5 Å². The Bertz CT molecular complexity index is 1200. The van der Waals surface area contributed by atoms with Crippen molar-refractivity contribution >= 4 is 40.1 Å². The molecule has 3 aromatic rings. The fraction of sp³-hybridized carbons (Fsp3) is 0.320. The summed E-state index contributed by atoms with van der Waals surface area (Å²) in [6, 6.07) is 14.4. The molecule has 0 atom stereocenters. The lowest BCUT2D eigenvalue weighted by molar-refractivity contribution is 0.00578. The van der Waals surface area contributed by atoms with E-state index in [4.69, 9.17) is 9.31 Å². The Morgan fingerprint density at radius 2 is 1.67 bits per heavy atom. The maximum absolute atomic E-state index is 9.40. The molecule has 4 rings (SSSR count). The van der Waals surface area contributed by atoms with Gasteiger partial charge >= 0.3 is 7.12 Å². The molecule has 0 saturated carbocycles. The first-order valence-electron chi connectivity index (χ1n) is 10.3. The van der Waals surface area contributed by atoms with Crippen molar-refractivity contribution in [2.75, 3.05) is 0 Å². The van der Waals surface area contributed by atoms with Crippen molar-refractivity contribution in [1.29, 1.82) is 5.26 Å². The molecule has 0 N–H and O–H groups in total. The van der Waals surface area contributed by atoms with Crippen LogP contribution in [0.1, 0.15) is 46.1 Å². The van der Waals surface area contributed by atoms with Crippen molar-refractivity contribution in [2.45, 2.75) is 51.7 Å². The molecule has 0 bridgehead atoms. The first kappa shape index (κ1) is 20.5. The second kappa shape index (κ2) is 7.16. The van der Waals surface area contributed by atoms with Crippen LogP contribution in [0.15, 0.2) is 55.6 Å². The lowest BCUT2D eigenvalue weighted by Crippen LogP contribution is -2.41. The number of hydrogen-bond acceptors (Lipinski definition) is 3. The van der Waals surface area contributed by atoms with Crippen LogP contribution in [0, 0.1) is 11.3 Å².